The van der Waals surface area contributed by atoms with Gasteiger partial charge in [0, 0.05) is 19.2 Å². The number of carbonyl (C=O) groups excluding carboxylic acids is 1. The summed E-state index contributed by atoms with van der Waals surface area (Å²) >= 11 is 5.88. The molecule has 6 nitrogen and oxygen atoms in total. The predicted octanol–water partition coefficient (Wildman–Crippen LogP) is 2.92. The van der Waals surface area contributed by atoms with E-state index in [9.17, 15) is 31.9 Å². The molecule has 11 heteroatoms. The van der Waals surface area contributed by atoms with Gasteiger partial charge in [-0.3, -0.25) is 9.36 Å². The molecule has 0 N–H and O–H groups in total. The number of hydrogen-bond acceptors (Lipinski definition) is 4. The molecular formula is C17H13ClF4N2O4. The molecule has 0 fully saturated rings. The first-order chi connectivity index (χ1) is 13.0. The summed E-state index contributed by atoms with van der Waals surface area (Å²) in [5.74, 6) is -1.83. The fraction of sp³-hybridized carbons (Fsp3) is 0.235. The van der Waals surface area contributed by atoms with Gasteiger partial charge in [0.15, 0.2) is 0 Å². The maximum atomic E-state index is 14.3. The van der Waals surface area contributed by atoms with Gasteiger partial charge in [0.2, 0.25) is 0 Å². The van der Waals surface area contributed by atoms with E-state index >= 15 is 0 Å². The van der Waals surface area contributed by atoms with Crippen LogP contribution in [-0.2, 0) is 22.8 Å². The van der Waals surface area contributed by atoms with E-state index in [0.29, 0.717) is 0 Å². The fourth-order valence-corrected chi connectivity index (χ4v) is 2.53. The summed E-state index contributed by atoms with van der Waals surface area (Å²) in [6.07, 6.45) is -2.80. The van der Waals surface area contributed by atoms with Gasteiger partial charge >= 0.3 is 17.8 Å². The quantitative estimate of drug-likeness (QED) is 0.433. The van der Waals surface area contributed by atoms with E-state index in [1.807, 2.05) is 0 Å². The van der Waals surface area contributed by atoms with Gasteiger partial charge in [-0.1, -0.05) is 11.6 Å². The lowest BCUT2D eigenvalue weighted by Gasteiger charge is -2.15. The Balaban J connectivity index is 2.68. The highest BCUT2D eigenvalue weighted by Crippen LogP contribution is 2.27. The second-order valence-electron chi connectivity index (χ2n) is 5.45. The van der Waals surface area contributed by atoms with Crippen molar-refractivity contribution in [2.24, 2.45) is 7.05 Å². The summed E-state index contributed by atoms with van der Waals surface area (Å²) in [5.41, 5.74) is -4.83. The van der Waals surface area contributed by atoms with E-state index in [-0.39, 0.29) is 32.4 Å². The summed E-state index contributed by atoms with van der Waals surface area (Å²) in [6.45, 7) is 1.70. The van der Waals surface area contributed by atoms with Crippen molar-refractivity contribution in [1.82, 2.24) is 9.13 Å². The summed E-state index contributed by atoms with van der Waals surface area (Å²) in [5, 5.41) is -0.154. The Morgan fingerprint density at radius 3 is 2.46 bits per heavy atom. The molecule has 0 spiro atoms. The highest BCUT2D eigenvalue weighted by molar-refractivity contribution is 6.32. The molecule has 0 radical (unpaired) electrons. The molecule has 0 saturated heterocycles. The second-order valence-corrected chi connectivity index (χ2v) is 5.86. The molecule has 0 aliphatic heterocycles. The molecule has 0 bridgehead atoms. The van der Waals surface area contributed by atoms with Gasteiger partial charge in [0.25, 0.3) is 5.56 Å². The van der Waals surface area contributed by atoms with Gasteiger partial charge in [-0.2, -0.15) is 13.2 Å². The van der Waals surface area contributed by atoms with Crippen molar-refractivity contribution in [3.05, 3.63) is 67.2 Å². The number of alkyl halides is 3. The van der Waals surface area contributed by atoms with E-state index < -0.39 is 40.6 Å². The summed E-state index contributed by atoms with van der Waals surface area (Å²) < 4.78 is 58.2. The van der Waals surface area contributed by atoms with Crippen LogP contribution in [0.15, 0.2) is 33.9 Å². The van der Waals surface area contributed by atoms with Crippen LogP contribution in [0.25, 0.3) is 11.8 Å². The zero-order valence-corrected chi connectivity index (χ0v) is 15.3. The Labute approximate surface area is 160 Å². The molecule has 0 aliphatic carbocycles. The number of hydrogen-bond donors (Lipinski definition) is 0. The third-order valence-electron chi connectivity index (χ3n) is 3.60. The number of ether oxygens (including phenoxy) is 1. The lowest BCUT2D eigenvalue weighted by Crippen LogP contribution is -2.41. The molecule has 1 heterocycles. The van der Waals surface area contributed by atoms with Crippen molar-refractivity contribution in [2.75, 3.05) is 6.61 Å². The second kappa shape index (κ2) is 8.01. The van der Waals surface area contributed by atoms with E-state index in [2.05, 4.69) is 4.74 Å². The fourth-order valence-electron chi connectivity index (χ4n) is 2.32. The first-order valence-corrected chi connectivity index (χ1v) is 8.09. The van der Waals surface area contributed by atoms with Crippen LogP contribution in [0.3, 0.4) is 0 Å². The minimum Gasteiger partial charge on any atom is -0.463 e. The Morgan fingerprint density at radius 1 is 1.25 bits per heavy atom. The number of esters is 1. The standard InChI is InChI=1S/C17H13ClF4N2O4/c1-3-28-15(26)5-4-9-6-12(11(19)7-10(9)18)24-14(25)8-13(17(20,21)22)23(2)16(24)27/h4-8H,3H2,1-2H3/b5-4+. The topological polar surface area (TPSA) is 70.3 Å². The van der Waals surface area contributed by atoms with E-state index in [4.69, 9.17) is 11.6 Å². The SMILES string of the molecule is CCOC(=O)/C=C/c1cc(-n2c(=O)cc(C(F)(F)F)n(C)c2=O)c(F)cc1Cl. The molecule has 0 unspecified atom stereocenters. The molecule has 0 amide bonds. The van der Waals surface area contributed by atoms with Crippen LogP contribution >= 0.6 is 11.6 Å². The van der Waals surface area contributed by atoms with E-state index in [0.717, 1.165) is 31.3 Å². The number of aromatic nitrogens is 2. The maximum absolute atomic E-state index is 14.3. The third kappa shape index (κ3) is 4.33. The van der Waals surface area contributed by atoms with E-state index in [1.54, 1.807) is 6.92 Å². The molecule has 2 aromatic rings. The number of halogens is 5. The van der Waals surface area contributed by atoms with Crippen molar-refractivity contribution in [3.63, 3.8) is 0 Å². The van der Waals surface area contributed by atoms with E-state index in [1.165, 1.54) is 0 Å². The number of rotatable bonds is 4. The first-order valence-electron chi connectivity index (χ1n) is 7.72. The number of nitrogens with zero attached hydrogens (tertiary/aromatic N) is 2. The van der Waals surface area contributed by atoms with Gasteiger partial charge in [-0.25, -0.2) is 18.5 Å². The monoisotopic (exact) mass is 420 g/mol. The normalized spacial score (nSPS) is 11.8. The smallest absolute Gasteiger partial charge is 0.431 e. The van der Waals surface area contributed by atoms with Crippen molar-refractivity contribution >= 4 is 23.6 Å². The van der Waals surface area contributed by atoms with Crippen molar-refractivity contribution < 1.29 is 27.1 Å². The van der Waals surface area contributed by atoms with Crippen LogP contribution in [0.2, 0.25) is 5.02 Å². The van der Waals surface area contributed by atoms with Gasteiger partial charge in [-0.15, -0.1) is 0 Å². The van der Waals surface area contributed by atoms with Crippen LogP contribution in [-0.4, -0.2) is 21.7 Å². The largest absolute Gasteiger partial charge is 0.463 e. The van der Waals surface area contributed by atoms with Gasteiger partial charge < -0.3 is 4.74 Å². The molecule has 0 atom stereocenters. The molecule has 1 aromatic carbocycles. The van der Waals surface area contributed by atoms with Crippen molar-refractivity contribution in [2.45, 2.75) is 13.1 Å². The minimum absolute atomic E-state index is 0.0416. The van der Waals surface area contributed by atoms with Gasteiger partial charge in [0.1, 0.15) is 11.5 Å². The molecule has 0 saturated carbocycles. The Kier molecular flexibility index (Phi) is 6.13. The first kappa shape index (κ1) is 21.4. The average Bonchev–Trinajstić information content (AvgIpc) is 2.58. The average molecular weight is 421 g/mol. The lowest BCUT2D eigenvalue weighted by molar-refractivity contribution is -0.144. The van der Waals surface area contributed by atoms with Crippen LogP contribution in [0.5, 0.6) is 0 Å². The highest BCUT2D eigenvalue weighted by atomic mass is 35.5. The van der Waals surface area contributed by atoms with Crippen molar-refractivity contribution in [3.8, 4) is 5.69 Å². The summed E-state index contributed by atoms with van der Waals surface area (Å²) in [7, 11) is 0.802. The predicted molar refractivity (Wildman–Crippen MR) is 92.9 cm³/mol. The third-order valence-corrected chi connectivity index (χ3v) is 3.93. The van der Waals surface area contributed by atoms with Crippen molar-refractivity contribution in [1.29, 1.82) is 0 Å². The number of benzene rings is 1. The maximum Gasteiger partial charge on any atom is 0.431 e. The Hall–Kier alpha value is -2.88. The zero-order chi connectivity index (χ0) is 21.2. The van der Waals surface area contributed by atoms with Crippen LogP contribution < -0.4 is 11.2 Å². The molecule has 28 heavy (non-hydrogen) atoms. The van der Waals surface area contributed by atoms with Gasteiger partial charge in [0.05, 0.1) is 17.3 Å². The lowest BCUT2D eigenvalue weighted by atomic mass is 10.1. The molecule has 2 rings (SSSR count). The summed E-state index contributed by atoms with van der Waals surface area (Å²) in [4.78, 5) is 35.8. The van der Waals surface area contributed by atoms with Crippen LogP contribution in [0.1, 0.15) is 18.2 Å². The Morgan fingerprint density at radius 2 is 1.89 bits per heavy atom. The van der Waals surface area contributed by atoms with Crippen LogP contribution in [0.4, 0.5) is 17.6 Å². The molecule has 1 aromatic heterocycles. The Bertz CT molecular complexity index is 1070. The van der Waals surface area contributed by atoms with Crippen LogP contribution in [0, 0.1) is 5.82 Å². The number of carbonyl (C=O) groups is 1. The van der Waals surface area contributed by atoms with Gasteiger partial charge in [-0.05, 0) is 30.7 Å². The molecule has 150 valence electrons. The molecular weight excluding hydrogens is 408 g/mol. The minimum atomic E-state index is -4.95. The summed E-state index contributed by atoms with van der Waals surface area (Å²) in [6, 6.07) is 1.91. The molecule has 0 aliphatic rings. The highest BCUT2D eigenvalue weighted by Gasteiger charge is 2.35. The zero-order valence-electron chi connectivity index (χ0n) is 14.5.